The van der Waals surface area contributed by atoms with E-state index in [0.29, 0.717) is 51.8 Å². The van der Waals surface area contributed by atoms with Gasteiger partial charge in [-0.15, -0.1) is 0 Å². The average Bonchev–Trinajstić information content (AvgIpc) is 3.78. The molecule has 2 aromatic heterocycles. The first-order valence-electron chi connectivity index (χ1n) is 16.1. The van der Waals surface area contributed by atoms with Crippen molar-refractivity contribution in [2.24, 2.45) is 22.6 Å². The van der Waals surface area contributed by atoms with Crippen molar-refractivity contribution >= 4 is 28.5 Å². The maximum atomic E-state index is 15.5. The number of aryl methyl sites for hydroxylation is 1. The van der Waals surface area contributed by atoms with Crippen LogP contribution >= 0.6 is 11.6 Å². The van der Waals surface area contributed by atoms with Crippen LogP contribution in [0.3, 0.4) is 0 Å². The normalized spacial score (nSPS) is 19.7. The number of H-pyrrole nitrogens is 1. The molecule has 4 N–H and O–H groups in total. The molecule has 1 aliphatic heterocycles. The van der Waals surface area contributed by atoms with E-state index < -0.39 is 11.5 Å². The summed E-state index contributed by atoms with van der Waals surface area (Å²) >= 11 is 6.32. The number of amidine groups is 1. The van der Waals surface area contributed by atoms with Crippen molar-refractivity contribution < 1.29 is 8.78 Å². The summed E-state index contributed by atoms with van der Waals surface area (Å²) in [5.41, 5.74) is 8.15. The maximum absolute atomic E-state index is 15.5. The lowest BCUT2D eigenvalue weighted by molar-refractivity contribution is 0.309. The highest BCUT2D eigenvalue weighted by Crippen LogP contribution is 2.39. The number of benzene rings is 2. The second kappa shape index (κ2) is 13.4. The molecule has 0 unspecified atom stereocenters. The third kappa shape index (κ3) is 7.31. The van der Waals surface area contributed by atoms with Crippen LogP contribution in [0, 0.1) is 23.5 Å². The minimum atomic E-state index is -0.563. The Hall–Kier alpha value is -3.56. The predicted octanol–water partition coefficient (Wildman–Crippen LogP) is 7.63. The molecule has 238 valence electrons. The van der Waals surface area contributed by atoms with Gasteiger partial charge in [0, 0.05) is 41.3 Å². The molecule has 2 aliphatic rings. The summed E-state index contributed by atoms with van der Waals surface area (Å²) in [6, 6.07) is 10.2. The molecular weight excluding hydrogens is 594 g/mol. The van der Waals surface area contributed by atoms with E-state index in [1.54, 1.807) is 37.4 Å². The quantitative estimate of drug-likeness (QED) is 0.117. The molecule has 4 aromatic rings. The van der Waals surface area contributed by atoms with E-state index in [-0.39, 0.29) is 22.9 Å². The van der Waals surface area contributed by atoms with E-state index in [4.69, 9.17) is 17.3 Å². The van der Waals surface area contributed by atoms with Gasteiger partial charge in [0.25, 0.3) is 0 Å². The topological polar surface area (TPSA) is 101 Å². The van der Waals surface area contributed by atoms with Crippen molar-refractivity contribution in [3.63, 3.8) is 0 Å². The third-order valence-corrected chi connectivity index (χ3v) is 9.67. The second-order valence-electron chi connectivity index (χ2n) is 12.9. The minimum Gasteiger partial charge on any atom is -0.388 e. The van der Waals surface area contributed by atoms with E-state index in [1.165, 1.54) is 23.5 Å². The van der Waals surface area contributed by atoms with Gasteiger partial charge in [0.05, 0.1) is 22.2 Å². The fourth-order valence-electron chi connectivity index (χ4n) is 6.68. The number of hydrogen-bond acceptors (Lipinski definition) is 4. The lowest BCUT2D eigenvalue weighted by Gasteiger charge is -2.31. The van der Waals surface area contributed by atoms with Crippen LogP contribution in [0.5, 0.6) is 0 Å². The number of rotatable bonds is 11. The van der Waals surface area contributed by atoms with Crippen molar-refractivity contribution in [1.82, 2.24) is 19.9 Å². The van der Waals surface area contributed by atoms with Crippen molar-refractivity contribution in [3.8, 4) is 16.9 Å². The molecule has 45 heavy (non-hydrogen) atoms. The zero-order chi connectivity index (χ0) is 31.7. The van der Waals surface area contributed by atoms with Crippen LogP contribution < -0.4 is 16.7 Å². The smallest absolute Gasteiger partial charge is 0.354 e. The number of nitrogens with zero attached hydrogens (tertiary/aromatic N) is 3. The van der Waals surface area contributed by atoms with Gasteiger partial charge >= 0.3 is 5.69 Å². The molecule has 2 fully saturated rings. The second-order valence-corrected chi connectivity index (χ2v) is 13.3. The molecule has 7 nitrogen and oxygen atoms in total. The van der Waals surface area contributed by atoms with Crippen molar-refractivity contribution in [2.45, 2.75) is 83.7 Å². The van der Waals surface area contributed by atoms with E-state index in [9.17, 15) is 4.79 Å². The van der Waals surface area contributed by atoms with Crippen LogP contribution in [-0.4, -0.2) is 33.0 Å². The van der Waals surface area contributed by atoms with Gasteiger partial charge in [-0.05, 0) is 99.6 Å². The maximum Gasteiger partial charge on any atom is 0.354 e. The number of nitrogens with one attached hydrogen (secondary N) is 2. The zero-order valence-electron chi connectivity index (χ0n) is 25.9. The van der Waals surface area contributed by atoms with Crippen molar-refractivity contribution in [1.29, 1.82) is 0 Å². The van der Waals surface area contributed by atoms with Crippen LogP contribution in [-0.2, 0) is 6.42 Å². The Morgan fingerprint density at radius 2 is 2.00 bits per heavy atom. The summed E-state index contributed by atoms with van der Waals surface area (Å²) in [5.74, 6) is 1.23. The largest absolute Gasteiger partial charge is 0.388 e. The van der Waals surface area contributed by atoms with Gasteiger partial charge < -0.3 is 16.0 Å². The minimum absolute atomic E-state index is 0.0671. The lowest BCUT2D eigenvalue weighted by atomic mass is 9.91. The van der Waals surface area contributed by atoms with Crippen LogP contribution in [0.25, 0.3) is 28.0 Å². The van der Waals surface area contributed by atoms with Crippen LogP contribution in [0.1, 0.15) is 82.4 Å². The number of aliphatic imine (C=N–C) groups is 1. The highest BCUT2D eigenvalue weighted by Gasteiger charge is 2.27. The lowest BCUT2D eigenvalue weighted by Crippen LogP contribution is -2.37. The number of aromatic amines is 1. The van der Waals surface area contributed by atoms with E-state index >= 15 is 8.78 Å². The highest BCUT2D eigenvalue weighted by molar-refractivity contribution is 6.31. The molecule has 2 aromatic carbocycles. The molecule has 0 radical (unpaired) electrons. The SMILES string of the molecule is CC(N)=NCC[C@@H]1CCC[C@@H](c2ccc(-n3cc4cc(-c5cc(CCC[C@@H](C)C6CC6)cc(Cl)c5F)[nH]c4nc3=O)cc2F)N1. The van der Waals surface area contributed by atoms with E-state index in [1.807, 2.05) is 6.07 Å². The molecule has 3 heterocycles. The van der Waals surface area contributed by atoms with Gasteiger partial charge in [0.15, 0.2) is 5.82 Å². The molecule has 6 rings (SSSR count). The zero-order valence-corrected chi connectivity index (χ0v) is 26.6. The number of piperidine rings is 1. The summed E-state index contributed by atoms with van der Waals surface area (Å²) in [5, 5.41) is 4.22. The first kappa shape index (κ1) is 31.4. The summed E-state index contributed by atoms with van der Waals surface area (Å²) < 4.78 is 32.1. The fourth-order valence-corrected chi connectivity index (χ4v) is 6.92. The van der Waals surface area contributed by atoms with Crippen LogP contribution in [0.4, 0.5) is 8.78 Å². The summed E-state index contributed by atoms with van der Waals surface area (Å²) in [6.45, 7) is 4.72. The Balaban J connectivity index is 1.21. The van der Waals surface area contributed by atoms with Gasteiger partial charge in [-0.2, -0.15) is 4.98 Å². The number of aromatic nitrogens is 3. The number of nitrogens with two attached hydrogens (primary N) is 1. The van der Waals surface area contributed by atoms with Gasteiger partial charge in [-0.25, -0.2) is 13.6 Å². The van der Waals surface area contributed by atoms with Gasteiger partial charge in [-0.3, -0.25) is 9.56 Å². The first-order chi connectivity index (χ1) is 21.7. The summed E-state index contributed by atoms with van der Waals surface area (Å²) in [6.07, 6.45) is 10.9. The van der Waals surface area contributed by atoms with Crippen molar-refractivity contribution in [3.05, 3.63) is 80.9 Å². The monoisotopic (exact) mass is 634 g/mol. The van der Waals surface area contributed by atoms with E-state index in [2.05, 4.69) is 27.2 Å². The molecular formula is C35H41ClF2N6O. The Bertz CT molecular complexity index is 1770. The average molecular weight is 635 g/mol. The Morgan fingerprint density at radius 3 is 2.76 bits per heavy atom. The number of fused-ring (bicyclic) bond motifs is 1. The Morgan fingerprint density at radius 1 is 1.18 bits per heavy atom. The summed E-state index contributed by atoms with van der Waals surface area (Å²) in [4.78, 5) is 24.6. The van der Waals surface area contributed by atoms with Crippen molar-refractivity contribution in [2.75, 3.05) is 6.54 Å². The first-order valence-corrected chi connectivity index (χ1v) is 16.5. The fraction of sp³-hybridized carbons (Fsp3) is 0.457. The molecule has 0 spiro atoms. The standard InChI is InChI=1S/C35H41ClF2N6O/c1-20(23-9-10-23)5-3-6-22-15-28(33(38)29(36)16-22)32-17-24-19-44(35(45)43-34(24)42-32)26-11-12-27(30(37)18-26)31-8-4-7-25(41-31)13-14-40-21(2)39/h11-12,15-20,23,25,31,41H,3-10,13-14H2,1-2H3,(H2,39,40)(H,42,43,45)/t20-,25+,31+/m1/s1. The molecule has 3 atom stereocenters. The molecule has 0 bridgehead atoms. The van der Waals surface area contributed by atoms with Crippen LogP contribution in [0.15, 0.2) is 52.4 Å². The Labute approximate surface area is 267 Å². The van der Waals surface area contributed by atoms with Crippen LogP contribution in [0.2, 0.25) is 5.02 Å². The summed E-state index contributed by atoms with van der Waals surface area (Å²) in [7, 11) is 0. The molecule has 1 saturated carbocycles. The molecule has 1 aliphatic carbocycles. The third-order valence-electron chi connectivity index (χ3n) is 9.40. The Kier molecular flexibility index (Phi) is 9.38. The predicted molar refractivity (Wildman–Crippen MR) is 177 cm³/mol. The molecule has 1 saturated heterocycles. The molecule has 0 amide bonds. The van der Waals surface area contributed by atoms with Gasteiger partial charge in [-0.1, -0.05) is 37.4 Å². The van der Waals surface area contributed by atoms with Gasteiger partial charge in [0.2, 0.25) is 0 Å². The highest BCUT2D eigenvalue weighted by atomic mass is 35.5. The van der Waals surface area contributed by atoms with E-state index in [0.717, 1.165) is 56.4 Å². The van der Waals surface area contributed by atoms with Gasteiger partial charge in [0.1, 0.15) is 11.5 Å². The molecule has 10 heteroatoms. The number of halogens is 3. The number of hydrogen-bond donors (Lipinski definition) is 3.